The number of hydrogen-bond acceptors (Lipinski definition) is 4. The number of ether oxygens (including phenoxy) is 1. The molecule has 1 saturated heterocycles. The van der Waals surface area contributed by atoms with Crippen LogP contribution in [-0.2, 0) is 6.54 Å². The zero-order chi connectivity index (χ0) is 20.2. The SMILES string of the molecule is COc1ccc(CN2CCCC(c3cccc(-n4ccnc4C(C)C)n3)C2)cc1. The van der Waals surface area contributed by atoms with Crippen molar-refractivity contribution in [3.63, 3.8) is 0 Å². The van der Waals surface area contributed by atoms with Gasteiger partial charge in [-0.25, -0.2) is 9.97 Å². The number of benzene rings is 1. The van der Waals surface area contributed by atoms with Crippen LogP contribution in [-0.4, -0.2) is 39.6 Å². The van der Waals surface area contributed by atoms with Crippen LogP contribution in [0.15, 0.2) is 54.9 Å². The van der Waals surface area contributed by atoms with E-state index in [1.165, 1.54) is 24.1 Å². The summed E-state index contributed by atoms with van der Waals surface area (Å²) in [6, 6.07) is 14.8. The number of nitrogens with zero attached hydrogens (tertiary/aromatic N) is 4. The highest BCUT2D eigenvalue weighted by Crippen LogP contribution is 2.28. The number of piperidine rings is 1. The van der Waals surface area contributed by atoms with Crippen LogP contribution in [0.1, 0.15) is 55.6 Å². The Labute approximate surface area is 173 Å². The number of hydrogen-bond donors (Lipinski definition) is 0. The minimum absolute atomic E-state index is 0.366. The van der Waals surface area contributed by atoms with Gasteiger partial charge in [0.25, 0.3) is 0 Å². The second-order valence-electron chi connectivity index (χ2n) is 8.15. The highest BCUT2D eigenvalue weighted by molar-refractivity contribution is 5.29. The van der Waals surface area contributed by atoms with Gasteiger partial charge >= 0.3 is 0 Å². The van der Waals surface area contributed by atoms with Crippen LogP contribution in [0.2, 0.25) is 0 Å². The number of aromatic nitrogens is 3. The van der Waals surface area contributed by atoms with Crippen LogP contribution in [0.4, 0.5) is 0 Å². The predicted molar refractivity (Wildman–Crippen MR) is 116 cm³/mol. The van der Waals surface area contributed by atoms with Gasteiger partial charge < -0.3 is 4.74 Å². The lowest BCUT2D eigenvalue weighted by atomic mass is 9.94. The Morgan fingerprint density at radius 1 is 1.14 bits per heavy atom. The molecule has 5 nitrogen and oxygen atoms in total. The molecule has 1 aliphatic heterocycles. The second-order valence-corrected chi connectivity index (χ2v) is 8.15. The van der Waals surface area contributed by atoms with Gasteiger partial charge in [0.15, 0.2) is 0 Å². The number of methoxy groups -OCH3 is 1. The lowest BCUT2D eigenvalue weighted by Gasteiger charge is -2.32. The monoisotopic (exact) mass is 390 g/mol. The van der Waals surface area contributed by atoms with E-state index in [1.807, 2.05) is 24.5 Å². The minimum Gasteiger partial charge on any atom is -0.497 e. The van der Waals surface area contributed by atoms with Crippen LogP contribution < -0.4 is 4.74 Å². The summed E-state index contributed by atoms with van der Waals surface area (Å²) in [5, 5.41) is 0. The summed E-state index contributed by atoms with van der Waals surface area (Å²) in [6.45, 7) is 7.49. The topological polar surface area (TPSA) is 43.2 Å². The second kappa shape index (κ2) is 8.78. The highest BCUT2D eigenvalue weighted by atomic mass is 16.5. The van der Waals surface area contributed by atoms with Crippen LogP contribution in [0.3, 0.4) is 0 Å². The molecule has 1 fully saturated rings. The molecule has 0 amide bonds. The van der Waals surface area contributed by atoms with Crippen LogP contribution >= 0.6 is 0 Å². The van der Waals surface area contributed by atoms with Gasteiger partial charge in [0.1, 0.15) is 17.4 Å². The molecule has 29 heavy (non-hydrogen) atoms. The first-order chi connectivity index (χ1) is 14.1. The third-order valence-corrected chi connectivity index (χ3v) is 5.68. The molecule has 0 aliphatic carbocycles. The predicted octanol–water partition coefficient (Wildman–Crippen LogP) is 4.78. The Morgan fingerprint density at radius 2 is 1.97 bits per heavy atom. The highest BCUT2D eigenvalue weighted by Gasteiger charge is 2.23. The van der Waals surface area contributed by atoms with Crippen molar-refractivity contribution in [2.75, 3.05) is 20.2 Å². The van der Waals surface area contributed by atoms with Crippen molar-refractivity contribution in [3.8, 4) is 11.6 Å². The molecule has 0 saturated carbocycles. The fraction of sp³-hybridized carbons (Fsp3) is 0.417. The Bertz CT molecular complexity index is 932. The molecule has 1 aliphatic rings. The Kier molecular flexibility index (Phi) is 5.95. The van der Waals surface area contributed by atoms with Crippen LogP contribution in [0, 0.1) is 0 Å². The van der Waals surface area contributed by atoms with Gasteiger partial charge in [0.2, 0.25) is 0 Å². The molecule has 1 atom stereocenters. The lowest BCUT2D eigenvalue weighted by Crippen LogP contribution is -2.34. The smallest absolute Gasteiger partial charge is 0.138 e. The van der Waals surface area contributed by atoms with Crippen molar-refractivity contribution in [2.24, 2.45) is 0 Å². The molecule has 152 valence electrons. The van der Waals surface area contributed by atoms with Gasteiger partial charge in [-0.05, 0) is 49.2 Å². The van der Waals surface area contributed by atoms with Gasteiger partial charge in [0.05, 0.1) is 7.11 Å². The minimum atomic E-state index is 0.366. The molecule has 1 unspecified atom stereocenters. The molecular weight excluding hydrogens is 360 g/mol. The standard InChI is InChI=1S/C24H30N4O/c1-18(2)24-25-13-15-28(24)23-8-4-7-22(26-23)20-6-5-14-27(17-20)16-19-9-11-21(29-3)12-10-19/h4,7-13,15,18,20H,5-6,14,16-17H2,1-3H3. The summed E-state index contributed by atoms with van der Waals surface area (Å²) < 4.78 is 7.39. The fourth-order valence-corrected chi connectivity index (χ4v) is 4.17. The number of pyridine rings is 1. The molecule has 4 rings (SSSR count). The lowest BCUT2D eigenvalue weighted by molar-refractivity contribution is 0.198. The van der Waals surface area contributed by atoms with E-state index in [0.717, 1.165) is 37.0 Å². The van der Waals surface area contributed by atoms with E-state index in [2.05, 4.69) is 58.6 Å². The first-order valence-electron chi connectivity index (χ1n) is 10.5. The summed E-state index contributed by atoms with van der Waals surface area (Å²) in [6.07, 6.45) is 6.27. The number of likely N-dealkylation sites (tertiary alicyclic amines) is 1. The van der Waals surface area contributed by atoms with Crippen molar-refractivity contribution in [3.05, 3.63) is 71.9 Å². The number of rotatable bonds is 6. The maximum atomic E-state index is 5.27. The summed E-state index contributed by atoms with van der Waals surface area (Å²) in [4.78, 5) is 12.1. The van der Waals surface area contributed by atoms with Crippen molar-refractivity contribution < 1.29 is 4.74 Å². The summed E-state index contributed by atoms with van der Waals surface area (Å²) in [5.41, 5.74) is 2.51. The first kappa shape index (κ1) is 19.6. The molecule has 2 aromatic heterocycles. The first-order valence-corrected chi connectivity index (χ1v) is 10.5. The van der Waals surface area contributed by atoms with E-state index in [0.29, 0.717) is 11.8 Å². The largest absolute Gasteiger partial charge is 0.497 e. The van der Waals surface area contributed by atoms with E-state index in [1.54, 1.807) is 7.11 Å². The average molecular weight is 391 g/mol. The molecule has 0 radical (unpaired) electrons. The van der Waals surface area contributed by atoms with Gasteiger partial charge in [-0.2, -0.15) is 0 Å². The van der Waals surface area contributed by atoms with Gasteiger partial charge in [0, 0.05) is 43.0 Å². The maximum absolute atomic E-state index is 5.27. The summed E-state index contributed by atoms with van der Waals surface area (Å²) in [7, 11) is 1.71. The molecule has 3 aromatic rings. The molecular formula is C24H30N4O. The molecule has 5 heteroatoms. The third-order valence-electron chi connectivity index (χ3n) is 5.68. The molecule has 0 spiro atoms. The number of imidazole rings is 1. The summed E-state index contributed by atoms with van der Waals surface area (Å²) in [5.74, 6) is 3.76. The van der Waals surface area contributed by atoms with E-state index in [4.69, 9.17) is 9.72 Å². The van der Waals surface area contributed by atoms with Crippen molar-refractivity contribution in [2.45, 2.75) is 45.1 Å². The Morgan fingerprint density at radius 3 is 2.72 bits per heavy atom. The maximum Gasteiger partial charge on any atom is 0.138 e. The average Bonchev–Trinajstić information content (AvgIpc) is 3.25. The zero-order valence-electron chi connectivity index (χ0n) is 17.6. The van der Waals surface area contributed by atoms with Crippen LogP contribution in [0.25, 0.3) is 5.82 Å². The van der Waals surface area contributed by atoms with Crippen molar-refractivity contribution in [1.82, 2.24) is 19.4 Å². The Hall–Kier alpha value is -2.66. The summed E-state index contributed by atoms with van der Waals surface area (Å²) >= 11 is 0. The van der Waals surface area contributed by atoms with Crippen molar-refractivity contribution in [1.29, 1.82) is 0 Å². The molecule has 0 bridgehead atoms. The molecule has 1 aromatic carbocycles. The molecule has 0 N–H and O–H groups in total. The fourth-order valence-electron chi connectivity index (χ4n) is 4.17. The third kappa shape index (κ3) is 4.51. The van der Waals surface area contributed by atoms with Gasteiger partial charge in [-0.15, -0.1) is 0 Å². The van der Waals surface area contributed by atoms with Gasteiger partial charge in [-0.3, -0.25) is 9.47 Å². The van der Waals surface area contributed by atoms with E-state index < -0.39 is 0 Å². The zero-order valence-corrected chi connectivity index (χ0v) is 17.6. The van der Waals surface area contributed by atoms with Crippen LogP contribution in [0.5, 0.6) is 5.75 Å². The van der Waals surface area contributed by atoms with Crippen molar-refractivity contribution >= 4 is 0 Å². The quantitative estimate of drug-likeness (QED) is 0.608. The van der Waals surface area contributed by atoms with Gasteiger partial charge in [-0.1, -0.05) is 32.0 Å². The van der Waals surface area contributed by atoms with E-state index in [-0.39, 0.29) is 0 Å². The molecule has 3 heterocycles. The Balaban J connectivity index is 1.48. The normalized spacial score (nSPS) is 17.6. The van der Waals surface area contributed by atoms with E-state index >= 15 is 0 Å². The van der Waals surface area contributed by atoms with E-state index in [9.17, 15) is 0 Å².